The van der Waals surface area contributed by atoms with Crippen LogP contribution in [0.4, 0.5) is 5.82 Å². The second kappa shape index (κ2) is 24.2. The molecule has 0 saturated carbocycles. The number of methoxy groups -OCH3 is 2. The predicted octanol–water partition coefficient (Wildman–Crippen LogP) is 10.2. The summed E-state index contributed by atoms with van der Waals surface area (Å²) in [6.45, 7) is 10.6. The van der Waals surface area contributed by atoms with Crippen LogP contribution in [0.1, 0.15) is 93.4 Å². The lowest BCUT2D eigenvalue weighted by atomic mass is 9.80. The van der Waals surface area contributed by atoms with Gasteiger partial charge in [0.15, 0.2) is 23.2 Å². The van der Waals surface area contributed by atoms with Crippen molar-refractivity contribution in [3.05, 3.63) is 163 Å². The molecule has 1 saturated heterocycles. The van der Waals surface area contributed by atoms with E-state index in [1.165, 1.54) is 6.33 Å². The summed E-state index contributed by atoms with van der Waals surface area (Å²) in [5.74, 6) is 1.25. The molecule has 72 heavy (non-hydrogen) atoms. The highest BCUT2D eigenvalue weighted by atomic mass is 31.2. The number of nitriles is 1. The Morgan fingerprint density at radius 2 is 1.49 bits per heavy atom. The number of ether oxygens (including phenoxy) is 5. The molecule has 1 amide bonds. The highest BCUT2D eigenvalue weighted by Crippen LogP contribution is 2.52. The first-order chi connectivity index (χ1) is 35.1. The van der Waals surface area contributed by atoms with Gasteiger partial charge in [-0.3, -0.25) is 9.36 Å². The van der Waals surface area contributed by atoms with Gasteiger partial charge in [0.05, 0.1) is 52.6 Å². The zero-order chi connectivity index (χ0) is 50.6. The maximum Gasteiger partial charge on any atom is 0.259 e. The number of benzene rings is 4. The van der Waals surface area contributed by atoms with Crippen LogP contribution in [0, 0.1) is 11.3 Å². The van der Waals surface area contributed by atoms with E-state index in [-0.39, 0.29) is 43.4 Å². The van der Waals surface area contributed by atoms with Crippen molar-refractivity contribution in [3.8, 4) is 17.6 Å². The number of fused-ring (bicyclic) bond motifs is 1. The number of carbonyl (C=O) groups is 1. The molecule has 8 rings (SSSR count). The molecule has 1 fully saturated rings. The largest absolute Gasteiger partial charge is 0.497 e. The standard InChI is InChI=1S/C54H62N9O8P/c1-8-16-46(61-31-30-56-35-61)70-49-48(71-72(68-32-15-29-55)63(37(2)3)38(4)5)45(69-53(49)62-36-59-47-50(57-34-58-51(47)62)60-52(64)39-17-11-9-12-18-39)33-67-54(40-19-13-10-14-20-40,41-21-25-43(65-6)26-22-41)42-23-27-44(66-7)28-24-42/h9-14,17-28,30-31,34-38,45-46,48-49,53H,8,15-16,32-33H2,1-7H3,(H,57,58,60,64)/t45-,46?,48-,49-,53-,72?/m1/s1. The Morgan fingerprint density at radius 3 is 2.07 bits per heavy atom. The molecule has 17 nitrogen and oxygen atoms in total. The van der Waals surface area contributed by atoms with Gasteiger partial charge in [-0.15, -0.1) is 0 Å². The lowest BCUT2D eigenvalue weighted by molar-refractivity contribution is -0.126. The maximum atomic E-state index is 13.5. The minimum absolute atomic E-state index is 0.0149. The number of imidazole rings is 2. The number of hydrogen-bond acceptors (Lipinski definition) is 14. The molecule has 0 bridgehead atoms. The molecule has 4 aromatic carbocycles. The van der Waals surface area contributed by atoms with E-state index in [1.807, 2.05) is 95.7 Å². The van der Waals surface area contributed by atoms with Gasteiger partial charge in [-0.2, -0.15) is 5.26 Å². The van der Waals surface area contributed by atoms with Gasteiger partial charge in [0.1, 0.15) is 48.0 Å². The number of nitrogens with zero attached hydrogens (tertiary/aromatic N) is 8. The molecular formula is C54H62N9O8P. The van der Waals surface area contributed by atoms with Crippen LogP contribution in [0.25, 0.3) is 11.2 Å². The Morgan fingerprint density at radius 1 is 0.847 bits per heavy atom. The number of hydrogen-bond donors (Lipinski definition) is 1. The number of rotatable bonds is 24. The van der Waals surface area contributed by atoms with Crippen LogP contribution in [0.2, 0.25) is 0 Å². The summed E-state index contributed by atoms with van der Waals surface area (Å²) < 4.78 is 53.5. The Hall–Kier alpha value is -6.61. The third kappa shape index (κ3) is 11.4. The van der Waals surface area contributed by atoms with E-state index < -0.39 is 44.9 Å². The third-order valence-corrected chi connectivity index (χ3v) is 14.5. The van der Waals surface area contributed by atoms with E-state index >= 15 is 0 Å². The molecule has 1 aliphatic rings. The first kappa shape index (κ1) is 51.7. The van der Waals surface area contributed by atoms with Gasteiger partial charge < -0.3 is 42.6 Å². The Kier molecular flexibility index (Phi) is 17.4. The van der Waals surface area contributed by atoms with Crippen molar-refractivity contribution in [2.75, 3.05) is 32.8 Å². The number of anilines is 1. The first-order valence-electron chi connectivity index (χ1n) is 24.2. The quantitative estimate of drug-likeness (QED) is 0.0343. The molecular weight excluding hydrogens is 934 g/mol. The van der Waals surface area contributed by atoms with Crippen molar-refractivity contribution >= 4 is 31.4 Å². The van der Waals surface area contributed by atoms with Crippen LogP contribution in [0.5, 0.6) is 11.5 Å². The van der Waals surface area contributed by atoms with Crippen molar-refractivity contribution in [1.82, 2.24) is 33.7 Å². The average Bonchev–Trinajstić information content (AvgIpc) is 4.18. The molecule has 3 aromatic heterocycles. The van der Waals surface area contributed by atoms with Crippen LogP contribution in [-0.4, -0.2) is 97.5 Å². The summed E-state index contributed by atoms with van der Waals surface area (Å²) in [6.07, 6.45) is 5.82. The van der Waals surface area contributed by atoms with Crippen molar-refractivity contribution in [2.24, 2.45) is 0 Å². The Labute approximate surface area is 422 Å². The van der Waals surface area contributed by atoms with E-state index in [1.54, 1.807) is 61.9 Å². The lowest BCUT2D eigenvalue weighted by Gasteiger charge is -2.40. The zero-order valence-electron chi connectivity index (χ0n) is 41.6. The van der Waals surface area contributed by atoms with Crippen LogP contribution < -0.4 is 14.8 Å². The minimum Gasteiger partial charge on any atom is -0.497 e. The van der Waals surface area contributed by atoms with Crippen LogP contribution in [-0.2, 0) is 28.9 Å². The number of carbonyl (C=O) groups excluding carboxylic acids is 1. The van der Waals surface area contributed by atoms with Gasteiger partial charge in [-0.25, -0.2) is 24.6 Å². The molecule has 4 heterocycles. The normalized spacial score (nSPS) is 17.8. The zero-order valence-corrected chi connectivity index (χ0v) is 42.5. The maximum absolute atomic E-state index is 13.5. The molecule has 376 valence electrons. The first-order valence-corrected chi connectivity index (χ1v) is 25.3. The van der Waals surface area contributed by atoms with E-state index in [0.717, 1.165) is 23.1 Å². The molecule has 0 aliphatic carbocycles. The van der Waals surface area contributed by atoms with Crippen molar-refractivity contribution in [1.29, 1.82) is 5.26 Å². The molecule has 6 atom stereocenters. The van der Waals surface area contributed by atoms with Gasteiger partial charge in [0.25, 0.3) is 14.4 Å². The molecule has 0 spiro atoms. The fourth-order valence-electron chi connectivity index (χ4n) is 9.07. The van der Waals surface area contributed by atoms with Gasteiger partial charge in [0.2, 0.25) is 0 Å². The second-order valence-electron chi connectivity index (χ2n) is 17.7. The van der Waals surface area contributed by atoms with Crippen LogP contribution >= 0.6 is 8.53 Å². The number of amides is 1. The monoisotopic (exact) mass is 995 g/mol. The Balaban J connectivity index is 1.29. The topological polar surface area (TPSA) is 182 Å². The summed E-state index contributed by atoms with van der Waals surface area (Å²) in [4.78, 5) is 31.9. The van der Waals surface area contributed by atoms with E-state index in [0.29, 0.717) is 34.6 Å². The highest BCUT2D eigenvalue weighted by Gasteiger charge is 2.52. The SMILES string of the molecule is CCCC(O[C@@H]1[C@H](OP(OCCC#N)N(C(C)C)C(C)C)[C@@H](COC(c2ccccc2)(c2ccc(OC)cc2)c2ccc(OC)cc2)O[C@H]1n1cnc2c(NC(=O)c3ccccc3)ncnc21)n1ccnc1. The number of aromatic nitrogens is 6. The number of nitrogens with one attached hydrogen (secondary N) is 1. The van der Waals surface area contributed by atoms with Crippen molar-refractivity contribution < 1.29 is 37.5 Å². The fraction of sp³-hybridized carbons (Fsp3) is 0.370. The molecule has 2 unspecified atom stereocenters. The van der Waals surface area contributed by atoms with Crippen LogP contribution in [0.3, 0.4) is 0 Å². The van der Waals surface area contributed by atoms with E-state index in [9.17, 15) is 10.1 Å². The summed E-state index contributed by atoms with van der Waals surface area (Å²) >= 11 is 0. The highest BCUT2D eigenvalue weighted by molar-refractivity contribution is 7.44. The lowest BCUT2D eigenvalue weighted by Crippen LogP contribution is -2.43. The summed E-state index contributed by atoms with van der Waals surface area (Å²) in [6, 6.07) is 36.8. The second-order valence-corrected chi connectivity index (χ2v) is 19.1. The summed E-state index contributed by atoms with van der Waals surface area (Å²) in [5.41, 5.74) is 2.49. The van der Waals surface area contributed by atoms with E-state index in [2.05, 4.69) is 60.6 Å². The fourth-order valence-corrected chi connectivity index (χ4v) is 10.8. The smallest absolute Gasteiger partial charge is 0.259 e. The third-order valence-electron chi connectivity index (χ3n) is 12.4. The average molecular weight is 996 g/mol. The molecule has 18 heteroatoms. The van der Waals surface area contributed by atoms with Gasteiger partial charge >= 0.3 is 0 Å². The van der Waals surface area contributed by atoms with Gasteiger partial charge in [-0.05, 0) is 87.2 Å². The van der Waals surface area contributed by atoms with Crippen LogP contribution in [0.15, 0.2) is 141 Å². The summed E-state index contributed by atoms with van der Waals surface area (Å²) in [7, 11) is 1.41. The summed E-state index contributed by atoms with van der Waals surface area (Å²) in [5, 5.41) is 12.6. The molecule has 1 N–H and O–H groups in total. The molecule has 1 aliphatic heterocycles. The molecule has 7 aromatic rings. The van der Waals surface area contributed by atoms with Crippen molar-refractivity contribution in [2.45, 2.75) is 102 Å². The predicted molar refractivity (Wildman–Crippen MR) is 273 cm³/mol. The Bertz CT molecular complexity index is 2770. The molecule has 0 radical (unpaired) electrons. The van der Waals surface area contributed by atoms with Crippen molar-refractivity contribution in [3.63, 3.8) is 0 Å². The van der Waals surface area contributed by atoms with E-state index in [4.69, 9.17) is 42.7 Å². The van der Waals surface area contributed by atoms with Gasteiger partial charge in [0, 0.05) is 30.0 Å². The van der Waals surface area contributed by atoms with Gasteiger partial charge in [-0.1, -0.05) is 86.1 Å². The minimum atomic E-state index is -1.87.